The molecule has 4 N–H and O–H groups in total. The molecule has 1 fully saturated rings. The quantitative estimate of drug-likeness (QED) is 0.433. The molecule has 0 saturated carbocycles. The Kier molecular flexibility index (Phi) is 7.41. The van der Waals surface area contributed by atoms with Crippen LogP contribution in [0.4, 0.5) is 5.69 Å². The lowest BCUT2D eigenvalue weighted by Gasteiger charge is -2.32. The van der Waals surface area contributed by atoms with Gasteiger partial charge in [-0.05, 0) is 44.3 Å². The highest BCUT2D eigenvalue weighted by Gasteiger charge is 2.25. The van der Waals surface area contributed by atoms with Crippen molar-refractivity contribution in [3.05, 3.63) is 28.7 Å². The number of benzene rings is 1. The summed E-state index contributed by atoms with van der Waals surface area (Å²) >= 11 is 8.56. The minimum atomic E-state index is -0.0762. The van der Waals surface area contributed by atoms with Gasteiger partial charge in [0, 0.05) is 10.2 Å². The molecule has 1 heterocycles. The van der Waals surface area contributed by atoms with E-state index in [2.05, 4.69) is 45.9 Å². The number of morpholine rings is 1. The summed E-state index contributed by atoms with van der Waals surface area (Å²) in [7, 11) is 0. The van der Waals surface area contributed by atoms with Gasteiger partial charge in [-0.15, -0.1) is 0 Å². The highest BCUT2D eigenvalue weighted by atomic mass is 79.9. The molecule has 1 aliphatic heterocycles. The second-order valence-corrected chi connectivity index (χ2v) is 7.38. The topological polar surface area (TPSA) is 66.8 Å². The van der Waals surface area contributed by atoms with Gasteiger partial charge in [0.2, 0.25) is 5.91 Å². The number of hydrogen-bond acceptors (Lipinski definition) is 3. The minimum Gasteiger partial charge on any atom is -0.364 e. The van der Waals surface area contributed by atoms with E-state index in [4.69, 9.17) is 17.0 Å². The summed E-state index contributed by atoms with van der Waals surface area (Å²) in [6.45, 7) is 6.81. The number of halogens is 1. The number of amides is 1. The van der Waals surface area contributed by atoms with Gasteiger partial charge in [0.1, 0.15) is 25.3 Å². The number of thiocarbonyl (C=S) groups is 1. The normalized spacial score (nSPS) is 23.4. The summed E-state index contributed by atoms with van der Waals surface area (Å²) in [6, 6.07) is 7.63. The van der Waals surface area contributed by atoms with Crippen molar-refractivity contribution >= 4 is 44.9 Å². The second-order valence-electron chi connectivity index (χ2n) is 6.05. The molecule has 1 aromatic carbocycles. The van der Waals surface area contributed by atoms with Crippen molar-refractivity contribution in [3.63, 3.8) is 0 Å². The molecule has 0 bridgehead atoms. The van der Waals surface area contributed by atoms with Crippen LogP contribution in [-0.4, -0.2) is 42.9 Å². The lowest BCUT2D eigenvalue weighted by atomic mass is 10.2. The van der Waals surface area contributed by atoms with E-state index in [0.717, 1.165) is 29.8 Å². The first-order chi connectivity index (χ1) is 11.4. The molecule has 2 rings (SSSR count). The fraction of sp³-hybridized carbons (Fsp3) is 0.500. The van der Waals surface area contributed by atoms with Crippen LogP contribution in [-0.2, 0) is 9.53 Å². The first kappa shape index (κ1) is 19.1. The van der Waals surface area contributed by atoms with Gasteiger partial charge in [-0.3, -0.25) is 15.6 Å². The van der Waals surface area contributed by atoms with Crippen LogP contribution in [0.5, 0.6) is 0 Å². The molecule has 0 spiro atoms. The molecular weight excluding hydrogens is 392 g/mol. The maximum atomic E-state index is 11.9. The molecule has 0 aromatic heterocycles. The average Bonchev–Trinajstić information content (AvgIpc) is 2.50. The standard InChI is InChI=1S/C16H23BrN4O2S/c1-11-9-21(10-12(2)23-11)7-6-15(22)19-20-16(24)18-14-5-3-4-13(17)8-14/h3-5,8,11-12H,6-7,9-10H2,1-2H3,(H,19,22)(H2,18,20,24)/p+1/t11-,12+. The molecule has 0 aliphatic carbocycles. The number of nitrogens with one attached hydrogen (secondary N) is 4. The number of hydrazine groups is 1. The zero-order valence-corrected chi connectivity index (χ0v) is 16.3. The Balaban J connectivity index is 1.66. The SMILES string of the molecule is C[C@@H]1C[NH+](CCC(=O)NNC(=S)Nc2cccc(Br)c2)C[C@H](C)O1. The third-order valence-electron chi connectivity index (χ3n) is 3.72. The highest BCUT2D eigenvalue weighted by Crippen LogP contribution is 2.15. The van der Waals surface area contributed by atoms with Crippen molar-refractivity contribution < 1.29 is 14.4 Å². The molecule has 8 heteroatoms. The maximum absolute atomic E-state index is 11.9. The fourth-order valence-electron chi connectivity index (χ4n) is 2.80. The van der Waals surface area contributed by atoms with E-state index in [0.29, 0.717) is 11.5 Å². The number of rotatable bonds is 4. The number of ether oxygens (including phenoxy) is 1. The van der Waals surface area contributed by atoms with Crippen molar-refractivity contribution in [2.45, 2.75) is 32.5 Å². The number of hydrogen-bond donors (Lipinski definition) is 4. The van der Waals surface area contributed by atoms with Crippen molar-refractivity contribution in [2.75, 3.05) is 25.0 Å². The van der Waals surface area contributed by atoms with Crippen LogP contribution in [0, 0.1) is 0 Å². The molecule has 6 nitrogen and oxygen atoms in total. The first-order valence-corrected chi connectivity index (χ1v) is 9.23. The molecule has 3 atom stereocenters. The number of carbonyl (C=O) groups is 1. The third-order valence-corrected chi connectivity index (χ3v) is 4.42. The van der Waals surface area contributed by atoms with Crippen LogP contribution in [0.15, 0.2) is 28.7 Å². The second kappa shape index (κ2) is 9.31. The maximum Gasteiger partial charge on any atom is 0.244 e. The summed E-state index contributed by atoms with van der Waals surface area (Å²) < 4.78 is 6.66. The highest BCUT2D eigenvalue weighted by molar-refractivity contribution is 9.10. The Bertz CT molecular complexity index is 577. The zero-order chi connectivity index (χ0) is 17.5. The summed E-state index contributed by atoms with van der Waals surface area (Å²) in [6.07, 6.45) is 0.931. The summed E-state index contributed by atoms with van der Waals surface area (Å²) in [5, 5.41) is 3.36. The smallest absolute Gasteiger partial charge is 0.244 e. The molecular formula is C16H24BrN4O2S+. The molecule has 132 valence electrons. The average molecular weight is 416 g/mol. The predicted octanol–water partition coefficient (Wildman–Crippen LogP) is 0.849. The Morgan fingerprint density at radius 2 is 2.04 bits per heavy atom. The van der Waals surface area contributed by atoms with Gasteiger partial charge in [0.15, 0.2) is 5.11 Å². The van der Waals surface area contributed by atoms with Crippen molar-refractivity contribution in [3.8, 4) is 0 Å². The molecule has 1 unspecified atom stereocenters. The predicted molar refractivity (Wildman–Crippen MR) is 102 cm³/mol. The largest absolute Gasteiger partial charge is 0.364 e. The lowest BCUT2D eigenvalue weighted by Crippen LogP contribution is -3.15. The molecule has 24 heavy (non-hydrogen) atoms. The molecule has 1 saturated heterocycles. The Morgan fingerprint density at radius 1 is 1.33 bits per heavy atom. The Morgan fingerprint density at radius 3 is 2.71 bits per heavy atom. The van der Waals surface area contributed by atoms with Gasteiger partial charge in [-0.1, -0.05) is 22.0 Å². The minimum absolute atomic E-state index is 0.0762. The van der Waals surface area contributed by atoms with Crippen molar-refractivity contribution in [1.82, 2.24) is 10.9 Å². The summed E-state index contributed by atoms with van der Waals surface area (Å²) in [4.78, 5) is 13.3. The molecule has 1 amide bonds. The van der Waals surface area contributed by atoms with Crippen LogP contribution in [0.1, 0.15) is 20.3 Å². The van der Waals surface area contributed by atoms with Crippen molar-refractivity contribution in [2.24, 2.45) is 0 Å². The first-order valence-electron chi connectivity index (χ1n) is 8.03. The van der Waals surface area contributed by atoms with Crippen LogP contribution in [0.3, 0.4) is 0 Å². The molecule has 1 aromatic rings. The Hall–Kier alpha value is -1.22. The van der Waals surface area contributed by atoms with Crippen molar-refractivity contribution in [1.29, 1.82) is 0 Å². The fourth-order valence-corrected chi connectivity index (χ4v) is 3.37. The number of carbonyl (C=O) groups excluding carboxylic acids is 1. The van der Waals surface area contributed by atoms with E-state index in [9.17, 15) is 4.79 Å². The van der Waals surface area contributed by atoms with E-state index in [1.807, 2.05) is 24.3 Å². The zero-order valence-electron chi connectivity index (χ0n) is 13.9. The van der Waals surface area contributed by atoms with Gasteiger partial charge >= 0.3 is 0 Å². The van der Waals surface area contributed by atoms with Gasteiger partial charge in [-0.2, -0.15) is 0 Å². The van der Waals surface area contributed by atoms with E-state index in [1.54, 1.807) is 0 Å². The number of anilines is 1. The summed E-state index contributed by atoms with van der Waals surface area (Å²) in [5.74, 6) is -0.0762. The molecule has 0 radical (unpaired) electrons. The van der Waals surface area contributed by atoms with Crippen LogP contribution < -0.4 is 21.1 Å². The van der Waals surface area contributed by atoms with Crippen LogP contribution >= 0.6 is 28.1 Å². The van der Waals surface area contributed by atoms with E-state index in [1.165, 1.54) is 4.90 Å². The van der Waals surface area contributed by atoms with E-state index in [-0.39, 0.29) is 18.1 Å². The van der Waals surface area contributed by atoms with Gasteiger partial charge < -0.3 is 15.0 Å². The lowest BCUT2D eigenvalue weighted by molar-refractivity contribution is -0.914. The third kappa shape index (κ3) is 6.72. The van der Waals surface area contributed by atoms with Crippen LogP contribution in [0.2, 0.25) is 0 Å². The number of quaternary nitrogens is 1. The Labute approximate surface area is 156 Å². The van der Waals surface area contributed by atoms with E-state index >= 15 is 0 Å². The van der Waals surface area contributed by atoms with E-state index < -0.39 is 0 Å². The summed E-state index contributed by atoms with van der Waals surface area (Å²) in [5.41, 5.74) is 6.20. The van der Waals surface area contributed by atoms with Crippen LogP contribution in [0.25, 0.3) is 0 Å². The van der Waals surface area contributed by atoms with Gasteiger partial charge in [-0.25, -0.2) is 0 Å². The van der Waals surface area contributed by atoms with Gasteiger partial charge in [0.25, 0.3) is 0 Å². The molecule has 1 aliphatic rings. The van der Waals surface area contributed by atoms with Gasteiger partial charge in [0.05, 0.1) is 13.0 Å². The monoisotopic (exact) mass is 415 g/mol.